The Balaban J connectivity index is 3.13. The second kappa shape index (κ2) is 8.68. The molecule has 2 atom stereocenters. The molecular formula is C17H28BrNO. The maximum absolute atomic E-state index is 5.82. The maximum Gasteiger partial charge on any atom is 0.124 e. The minimum atomic E-state index is 0.328. The summed E-state index contributed by atoms with van der Waals surface area (Å²) < 4.78 is 6.93. The molecule has 0 saturated carbocycles. The third-order valence-electron chi connectivity index (χ3n) is 3.80. The van der Waals surface area contributed by atoms with Crippen LogP contribution in [0.4, 0.5) is 0 Å². The van der Waals surface area contributed by atoms with Crippen molar-refractivity contribution in [2.75, 3.05) is 13.2 Å². The number of halogens is 1. The summed E-state index contributed by atoms with van der Waals surface area (Å²) in [5.41, 5.74) is 1.26. The van der Waals surface area contributed by atoms with E-state index in [2.05, 4.69) is 61.1 Å². The van der Waals surface area contributed by atoms with E-state index >= 15 is 0 Å². The van der Waals surface area contributed by atoms with Gasteiger partial charge in [-0.1, -0.05) is 43.6 Å². The van der Waals surface area contributed by atoms with E-state index in [9.17, 15) is 0 Å². The van der Waals surface area contributed by atoms with Gasteiger partial charge in [0.05, 0.1) is 6.61 Å². The van der Waals surface area contributed by atoms with Crippen LogP contribution >= 0.6 is 15.9 Å². The van der Waals surface area contributed by atoms with Gasteiger partial charge in [-0.15, -0.1) is 0 Å². The zero-order chi connectivity index (χ0) is 15.1. The first kappa shape index (κ1) is 17.5. The molecule has 0 heterocycles. The maximum atomic E-state index is 5.82. The molecule has 0 aliphatic carbocycles. The van der Waals surface area contributed by atoms with Crippen LogP contribution in [0.25, 0.3) is 0 Å². The average Bonchev–Trinajstić information content (AvgIpc) is 2.41. The zero-order valence-corrected chi connectivity index (χ0v) is 15.0. The Labute approximate surface area is 132 Å². The van der Waals surface area contributed by atoms with Crippen LogP contribution < -0.4 is 10.1 Å². The van der Waals surface area contributed by atoms with Crippen molar-refractivity contribution in [3.05, 3.63) is 28.2 Å². The normalized spacial score (nSPS) is 14.3. The Kier molecular flexibility index (Phi) is 7.60. The molecule has 0 saturated heterocycles. The lowest BCUT2D eigenvalue weighted by Crippen LogP contribution is -2.30. The topological polar surface area (TPSA) is 21.3 Å². The van der Waals surface area contributed by atoms with Gasteiger partial charge < -0.3 is 10.1 Å². The van der Waals surface area contributed by atoms with E-state index in [0.717, 1.165) is 23.2 Å². The molecule has 1 N–H and O–H groups in total. The fourth-order valence-electron chi connectivity index (χ4n) is 2.31. The fraction of sp³-hybridized carbons (Fsp3) is 0.647. The van der Waals surface area contributed by atoms with Crippen molar-refractivity contribution >= 4 is 15.9 Å². The summed E-state index contributed by atoms with van der Waals surface area (Å²) in [6.45, 7) is 12.8. The lowest BCUT2D eigenvalue weighted by atomic mass is 9.85. The Morgan fingerprint density at radius 3 is 2.45 bits per heavy atom. The summed E-state index contributed by atoms with van der Waals surface area (Å²) in [6, 6.07) is 6.63. The van der Waals surface area contributed by atoms with Crippen LogP contribution in [0.3, 0.4) is 0 Å². The summed E-state index contributed by atoms with van der Waals surface area (Å²) in [5.74, 6) is 2.17. The van der Waals surface area contributed by atoms with Crippen molar-refractivity contribution in [1.82, 2.24) is 5.32 Å². The van der Waals surface area contributed by atoms with Gasteiger partial charge in [0.25, 0.3) is 0 Å². The smallest absolute Gasteiger partial charge is 0.124 e. The highest BCUT2D eigenvalue weighted by molar-refractivity contribution is 9.10. The molecule has 2 nitrogen and oxygen atoms in total. The SMILES string of the molecule is CCCNC(c1cc(Br)ccc1OCC)C(C)C(C)C. The van der Waals surface area contributed by atoms with Gasteiger partial charge in [0.15, 0.2) is 0 Å². The number of nitrogens with one attached hydrogen (secondary N) is 1. The molecule has 20 heavy (non-hydrogen) atoms. The van der Waals surface area contributed by atoms with E-state index in [-0.39, 0.29) is 0 Å². The summed E-state index contributed by atoms with van der Waals surface area (Å²) in [4.78, 5) is 0. The highest BCUT2D eigenvalue weighted by atomic mass is 79.9. The molecule has 2 unspecified atom stereocenters. The predicted molar refractivity (Wildman–Crippen MR) is 90.3 cm³/mol. The molecule has 0 amide bonds. The van der Waals surface area contributed by atoms with E-state index in [1.54, 1.807) is 0 Å². The molecule has 0 radical (unpaired) electrons. The third-order valence-corrected chi connectivity index (χ3v) is 4.29. The molecule has 0 aliphatic rings. The monoisotopic (exact) mass is 341 g/mol. The predicted octanol–water partition coefficient (Wildman–Crippen LogP) is 5.18. The number of hydrogen-bond donors (Lipinski definition) is 1. The van der Waals surface area contributed by atoms with Crippen molar-refractivity contribution in [3.8, 4) is 5.75 Å². The minimum Gasteiger partial charge on any atom is -0.494 e. The molecule has 0 fully saturated rings. The van der Waals surface area contributed by atoms with Crippen LogP contribution in [0.5, 0.6) is 5.75 Å². The van der Waals surface area contributed by atoms with Gasteiger partial charge in [-0.2, -0.15) is 0 Å². The number of ether oxygens (including phenoxy) is 1. The molecule has 1 rings (SSSR count). The average molecular weight is 342 g/mol. The minimum absolute atomic E-state index is 0.328. The summed E-state index contributed by atoms with van der Waals surface area (Å²) in [7, 11) is 0. The Bertz CT molecular complexity index is 406. The molecular weight excluding hydrogens is 314 g/mol. The third kappa shape index (κ3) is 4.78. The van der Waals surface area contributed by atoms with Gasteiger partial charge in [-0.25, -0.2) is 0 Å². The standard InChI is InChI=1S/C17H28BrNO/c1-6-10-19-17(13(5)12(3)4)15-11-14(18)8-9-16(15)20-7-2/h8-9,11-13,17,19H,6-7,10H2,1-5H3. The lowest BCUT2D eigenvalue weighted by Gasteiger charge is -2.30. The van der Waals surface area contributed by atoms with E-state index in [1.165, 1.54) is 5.56 Å². The van der Waals surface area contributed by atoms with E-state index in [4.69, 9.17) is 4.74 Å². The second-order valence-electron chi connectivity index (χ2n) is 5.65. The van der Waals surface area contributed by atoms with Crippen LogP contribution in [-0.4, -0.2) is 13.2 Å². The molecule has 0 aromatic heterocycles. The van der Waals surface area contributed by atoms with Crippen molar-refractivity contribution in [1.29, 1.82) is 0 Å². The Hall–Kier alpha value is -0.540. The van der Waals surface area contributed by atoms with Crippen molar-refractivity contribution in [3.63, 3.8) is 0 Å². The van der Waals surface area contributed by atoms with Gasteiger partial charge >= 0.3 is 0 Å². The Morgan fingerprint density at radius 1 is 1.20 bits per heavy atom. The van der Waals surface area contributed by atoms with Gasteiger partial charge in [0.1, 0.15) is 5.75 Å². The summed E-state index contributed by atoms with van der Waals surface area (Å²) >= 11 is 3.59. The lowest BCUT2D eigenvalue weighted by molar-refractivity contribution is 0.284. The first-order chi connectivity index (χ1) is 9.51. The molecule has 1 aromatic rings. The second-order valence-corrected chi connectivity index (χ2v) is 6.57. The highest BCUT2D eigenvalue weighted by Crippen LogP contribution is 2.35. The first-order valence-electron chi connectivity index (χ1n) is 7.66. The zero-order valence-electron chi connectivity index (χ0n) is 13.4. The van der Waals surface area contributed by atoms with Gasteiger partial charge in [-0.3, -0.25) is 0 Å². The molecule has 0 bridgehead atoms. The fourth-order valence-corrected chi connectivity index (χ4v) is 2.69. The van der Waals surface area contributed by atoms with Crippen LogP contribution in [0, 0.1) is 11.8 Å². The van der Waals surface area contributed by atoms with Crippen LogP contribution in [0.2, 0.25) is 0 Å². The largest absolute Gasteiger partial charge is 0.494 e. The van der Waals surface area contributed by atoms with Crippen LogP contribution in [0.15, 0.2) is 22.7 Å². The molecule has 114 valence electrons. The molecule has 0 spiro atoms. The van der Waals surface area contributed by atoms with E-state index in [1.807, 2.05) is 13.0 Å². The Morgan fingerprint density at radius 2 is 1.90 bits per heavy atom. The van der Waals surface area contributed by atoms with Crippen molar-refractivity contribution in [2.24, 2.45) is 11.8 Å². The van der Waals surface area contributed by atoms with Crippen molar-refractivity contribution < 1.29 is 4.74 Å². The molecule has 1 aromatic carbocycles. The van der Waals surface area contributed by atoms with Crippen molar-refractivity contribution in [2.45, 2.75) is 47.1 Å². The van der Waals surface area contributed by atoms with Crippen LogP contribution in [0.1, 0.15) is 52.6 Å². The number of hydrogen-bond acceptors (Lipinski definition) is 2. The van der Waals surface area contributed by atoms with E-state index < -0.39 is 0 Å². The quantitative estimate of drug-likeness (QED) is 0.703. The number of rotatable bonds is 8. The molecule has 0 aliphatic heterocycles. The van der Waals surface area contributed by atoms with Gasteiger partial charge in [0, 0.05) is 16.1 Å². The summed E-state index contributed by atoms with van der Waals surface area (Å²) in [6.07, 6.45) is 1.14. The molecule has 3 heteroatoms. The highest BCUT2D eigenvalue weighted by Gasteiger charge is 2.24. The van der Waals surface area contributed by atoms with Gasteiger partial charge in [-0.05, 0) is 49.9 Å². The van der Waals surface area contributed by atoms with Crippen LogP contribution in [-0.2, 0) is 0 Å². The van der Waals surface area contributed by atoms with E-state index in [0.29, 0.717) is 24.5 Å². The summed E-state index contributed by atoms with van der Waals surface area (Å²) in [5, 5.41) is 3.69. The van der Waals surface area contributed by atoms with Gasteiger partial charge in [0.2, 0.25) is 0 Å². The number of benzene rings is 1. The first-order valence-corrected chi connectivity index (χ1v) is 8.46.